The molecular formula is C14H17ClFNO3. The molecule has 20 heavy (non-hydrogen) atoms. The highest BCUT2D eigenvalue weighted by molar-refractivity contribution is 6.30. The van der Waals surface area contributed by atoms with Gasteiger partial charge in [-0.15, -0.1) is 0 Å². The number of carboxylic acid groups (broad SMARTS) is 1. The molecule has 1 amide bonds. The van der Waals surface area contributed by atoms with Crippen molar-refractivity contribution in [3.63, 3.8) is 0 Å². The first-order chi connectivity index (χ1) is 9.16. The number of aliphatic carboxylic acids is 1. The first-order valence-electron chi connectivity index (χ1n) is 6.15. The molecule has 1 atom stereocenters. The van der Waals surface area contributed by atoms with Gasteiger partial charge in [-0.2, -0.15) is 0 Å². The van der Waals surface area contributed by atoms with Gasteiger partial charge in [0.05, 0.1) is 10.4 Å². The fourth-order valence-electron chi connectivity index (χ4n) is 1.64. The third-order valence-corrected chi connectivity index (χ3v) is 3.80. The van der Waals surface area contributed by atoms with Crippen LogP contribution < -0.4 is 5.32 Å². The largest absolute Gasteiger partial charge is 0.481 e. The molecule has 0 saturated heterocycles. The van der Waals surface area contributed by atoms with Crippen LogP contribution >= 0.6 is 11.6 Å². The molecule has 1 rings (SSSR count). The first kappa shape index (κ1) is 16.4. The Morgan fingerprint density at radius 2 is 2.05 bits per heavy atom. The number of rotatable bonds is 5. The van der Waals surface area contributed by atoms with E-state index < -0.39 is 23.1 Å². The van der Waals surface area contributed by atoms with Gasteiger partial charge in [-0.1, -0.05) is 25.4 Å². The average Bonchev–Trinajstić information content (AvgIpc) is 2.33. The molecule has 1 unspecified atom stereocenters. The van der Waals surface area contributed by atoms with Gasteiger partial charge in [-0.05, 0) is 31.0 Å². The van der Waals surface area contributed by atoms with E-state index in [9.17, 15) is 19.1 Å². The van der Waals surface area contributed by atoms with Crippen molar-refractivity contribution in [1.82, 2.24) is 0 Å². The SMILES string of the molecule is CC(C)C(C)(CC(=O)Nc1ccc(Cl)c(F)c1)C(=O)O. The fourth-order valence-corrected chi connectivity index (χ4v) is 1.76. The molecule has 0 heterocycles. The summed E-state index contributed by atoms with van der Waals surface area (Å²) in [5.41, 5.74) is -0.928. The Morgan fingerprint density at radius 1 is 1.45 bits per heavy atom. The predicted octanol–water partition coefficient (Wildman–Crippen LogP) is 3.55. The summed E-state index contributed by atoms with van der Waals surface area (Å²) < 4.78 is 13.2. The number of carbonyl (C=O) groups is 2. The van der Waals surface area contributed by atoms with Crippen molar-refractivity contribution in [2.75, 3.05) is 5.32 Å². The Kier molecular flexibility index (Phi) is 5.11. The summed E-state index contributed by atoms with van der Waals surface area (Å²) in [4.78, 5) is 23.2. The van der Waals surface area contributed by atoms with E-state index in [-0.39, 0.29) is 23.0 Å². The molecule has 0 aromatic heterocycles. The Bertz CT molecular complexity index is 533. The first-order valence-corrected chi connectivity index (χ1v) is 6.53. The van der Waals surface area contributed by atoms with Crippen LogP contribution in [-0.2, 0) is 9.59 Å². The molecule has 2 N–H and O–H groups in total. The zero-order chi connectivity index (χ0) is 15.5. The quantitative estimate of drug-likeness (QED) is 0.874. The van der Waals surface area contributed by atoms with E-state index in [4.69, 9.17) is 11.6 Å². The van der Waals surface area contributed by atoms with Gasteiger partial charge in [-0.25, -0.2) is 4.39 Å². The van der Waals surface area contributed by atoms with Crippen molar-refractivity contribution in [1.29, 1.82) is 0 Å². The van der Waals surface area contributed by atoms with Crippen LogP contribution in [0.1, 0.15) is 27.2 Å². The Balaban J connectivity index is 2.81. The van der Waals surface area contributed by atoms with Crippen LogP contribution in [0.25, 0.3) is 0 Å². The van der Waals surface area contributed by atoms with Crippen LogP contribution in [0.4, 0.5) is 10.1 Å². The lowest BCUT2D eigenvalue weighted by Crippen LogP contribution is -2.37. The summed E-state index contributed by atoms with van der Waals surface area (Å²) in [6, 6.07) is 3.87. The minimum Gasteiger partial charge on any atom is -0.481 e. The Labute approximate surface area is 121 Å². The lowest BCUT2D eigenvalue weighted by molar-refractivity contribution is -0.153. The second kappa shape index (κ2) is 6.22. The third kappa shape index (κ3) is 3.70. The molecule has 0 bridgehead atoms. The van der Waals surface area contributed by atoms with E-state index in [1.165, 1.54) is 19.1 Å². The standard InChI is InChI=1S/C14H17ClFNO3/c1-8(2)14(3,13(19)20)7-12(18)17-9-4-5-10(15)11(16)6-9/h4-6,8H,7H2,1-3H3,(H,17,18)(H,19,20). The number of carbonyl (C=O) groups excluding carboxylic acids is 1. The van der Waals surface area contributed by atoms with E-state index >= 15 is 0 Å². The number of anilines is 1. The number of hydrogen-bond acceptors (Lipinski definition) is 2. The van der Waals surface area contributed by atoms with E-state index in [0.29, 0.717) is 0 Å². The van der Waals surface area contributed by atoms with Gasteiger partial charge in [0.2, 0.25) is 5.91 Å². The second-order valence-corrected chi connectivity index (χ2v) is 5.64. The number of halogens is 2. The average molecular weight is 302 g/mol. The zero-order valence-corrected chi connectivity index (χ0v) is 12.3. The third-order valence-electron chi connectivity index (χ3n) is 3.49. The number of nitrogens with one attached hydrogen (secondary N) is 1. The fraction of sp³-hybridized carbons (Fsp3) is 0.429. The Morgan fingerprint density at radius 3 is 2.50 bits per heavy atom. The van der Waals surface area contributed by atoms with E-state index in [1.54, 1.807) is 13.8 Å². The molecule has 0 aliphatic rings. The van der Waals surface area contributed by atoms with Crippen molar-refractivity contribution in [2.24, 2.45) is 11.3 Å². The molecule has 0 spiro atoms. The second-order valence-electron chi connectivity index (χ2n) is 5.23. The van der Waals surface area contributed by atoms with Gasteiger partial charge in [-0.3, -0.25) is 9.59 Å². The summed E-state index contributed by atoms with van der Waals surface area (Å²) in [6.45, 7) is 4.99. The lowest BCUT2D eigenvalue weighted by atomic mass is 9.76. The van der Waals surface area contributed by atoms with E-state index in [1.807, 2.05) is 0 Å². The number of hydrogen-bond donors (Lipinski definition) is 2. The van der Waals surface area contributed by atoms with Gasteiger partial charge < -0.3 is 10.4 Å². The van der Waals surface area contributed by atoms with Crippen LogP contribution in [0.5, 0.6) is 0 Å². The molecule has 1 aromatic carbocycles. The van der Waals surface area contributed by atoms with Gasteiger partial charge in [0.15, 0.2) is 0 Å². The molecule has 110 valence electrons. The summed E-state index contributed by atoms with van der Waals surface area (Å²) in [7, 11) is 0. The zero-order valence-electron chi connectivity index (χ0n) is 11.5. The number of benzene rings is 1. The minimum atomic E-state index is -1.17. The molecule has 6 heteroatoms. The summed E-state index contributed by atoms with van der Waals surface area (Å²) in [5, 5.41) is 11.7. The van der Waals surface area contributed by atoms with Crippen molar-refractivity contribution < 1.29 is 19.1 Å². The minimum absolute atomic E-state index is 0.0412. The van der Waals surface area contributed by atoms with Crippen LogP contribution in [-0.4, -0.2) is 17.0 Å². The molecule has 4 nitrogen and oxygen atoms in total. The van der Waals surface area contributed by atoms with Gasteiger partial charge in [0.25, 0.3) is 0 Å². The number of carboxylic acids is 1. The van der Waals surface area contributed by atoms with Crippen molar-refractivity contribution in [3.05, 3.63) is 29.0 Å². The smallest absolute Gasteiger partial charge is 0.310 e. The lowest BCUT2D eigenvalue weighted by Gasteiger charge is -2.28. The molecule has 1 aromatic rings. The van der Waals surface area contributed by atoms with Crippen LogP contribution in [0.3, 0.4) is 0 Å². The van der Waals surface area contributed by atoms with Crippen molar-refractivity contribution in [3.8, 4) is 0 Å². The topological polar surface area (TPSA) is 66.4 Å². The Hall–Kier alpha value is -1.62. The van der Waals surface area contributed by atoms with Crippen LogP contribution in [0.15, 0.2) is 18.2 Å². The molecule has 0 aliphatic carbocycles. The number of amides is 1. The van der Waals surface area contributed by atoms with Gasteiger partial charge in [0.1, 0.15) is 5.82 Å². The summed E-state index contributed by atoms with van der Waals surface area (Å²) in [6.07, 6.45) is -0.190. The summed E-state index contributed by atoms with van der Waals surface area (Å²) >= 11 is 5.54. The highest BCUT2D eigenvalue weighted by Crippen LogP contribution is 2.32. The molecular weight excluding hydrogens is 285 g/mol. The maximum absolute atomic E-state index is 13.2. The van der Waals surface area contributed by atoms with Crippen LogP contribution in [0, 0.1) is 17.2 Å². The molecule has 0 saturated carbocycles. The maximum Gasteiger partial charge on any atom is 0.310 e. The summed E-state index contributed by atoms with van der Waals surface area (Å²) in [5.74, 6) is -2.38. The van der Waals surface area contributed by atoms with Crippen LogP contribution in [0.2, 0.25) is 5.02 Å². The highest BCUT2D eigenvalue weighted by atomic mass is 35.5. The highest BCUT2D eigenvalue weighted by Gasteiger charge is 2.38. The molecule has 0 radical (unpaired) electrons. The normalized spacial score (nSPS) is 13.9. The van der Waals surface area contributed by atoms with Crippen molar-refractivity contribution >= 4 is 29.2 Å². The molecule has 0 fully saturated rings. The maximum atomic E-state index is 13.2. The van der Waals surface area contributed by atoms with Gasteiger partial charge in [0, 0.05) is 12.1 Å². The monoisotopic (exact) mass is 301 g/mol. The van der Waals surface area contributed by atoms with E-state index in [2.05, 4.69) is 5.32 Å². The molecule has 0 aliphatic heterocycles. The van der Waals surface area contributed by atoms with Gasteiger partial charge >= 0.3 is 5.97 Å². The predicted molar refractivity (Wildman–Crippen MR) is 75.2 cm³/mol. The van der Waals surface area contributed by atoms with E-state index in [0.717, 1.165) is 6.07 Å². The van der Waals surface area contributed by atoms with Crippen molar-refractivity contribution in [2.45, 2.75) is 27.2 Å².